The minimum absolute atomic E-state index is 0.171. The van der Waals surface area contributed by atoms with Gasteiger partial charge >= 0.3 is 0 Å². The Balaban J connectivity index is 0.000000188. The summed E-state index contributed by atoms with van der Waals surface area (Å²) in [5.74, 6) is -1.37. The summed E-state index contributed by atoms with van der Waals surface area (Å²) in [6.07, 6.45) is 12.5. The lowest BCUT2D eigenvalue weighted by Gasteiger charge is -2.64. The van der Waals surface area contributed by atoms with Crippen LogP contribution in [0, 0.1) is 0 Å². The summed E-state index contributed by atoms with van der Waals surface area (Å²) in [5.41, 5.74) is 0. The average Bonchev–Trinajstić information content (AvgIpc) is 2.99. The Kier molecular flexibility index (Phi) is 8.79. The minimum Gasteiger partial charge on any atom is -0.310 e. The van der Waals surface area contributed by atoms with Gasteiger partial charge in [-0.05, 0) is 0 Å². The third-order valence-electron chi connectivity index (χ3n) is 9.83. The van der Waals surface area contributed by atoms with E-state index in [2.05, 4.69) is 0 Å². The SMILES string of the molecule is CC(=O)N1C=CN(C(C)=O)C2C1C1C2N(C(C)=O)C=CN1C(C)=O.CC(=O)N1C=CN(C(C)=O)C2C1C1C2N(C(C)=O)C=CN1C(C)=O. The Hall–Kier alpha value is -5.28. The Labute approximate surface area is 278 Å². The van der Waals surface area contributed by atoms with Gasteiger partial charge in [0.1, 0.15) is 0 Å². The molecule has 0 atom stereocenters. The molecular formula is C32H40N8O8. The molecule has 0 bridgehead atoms. The highest BCUT2D eigenvalue weighted by atomic mass is 16.2. The molecule has 0 spiro atoms. The second-order valence-electron chi connectivity index (χ2n) is 12.5. The lowest BCUT2D eigenvalue weighted by atomic mass is 9.69. The third kappa shape index (κ3) is 5.24. The van der Waals surface area contributed by atoms with Crippen LogP contribution >= 0.6 is 0 Å². The Morgan fingerprint density at radius 2 is 0.333 bits per heavy atom. The first-order valence-corrected chi connectivity index (χ1v) is 15.6. The summed E-state index contributed by atoms with van der Waals surface area (Å²) < 4.78 is 0. The van der Waals surface area contributed by atoms with Crippen LogP contribution in [0.5, 0.6) is 0 Å². The molecule has 16 nitrogen and oxygen atoms in total. The van der Waals surface area contributed by atoms with E-state index in [0.717, 1.165) is 0 Å². The zero-order chi connectivity index (χ0) is 35.5. The predicted molar refractivity (Wildman–Crippen MR) is 167 cm³/mol. The lowest BCUT2D eigenvalue weighted by molar-refractivity contribution is -0.167. The zero-order valence-electron chi connectivity index (χ0n) is 28.1. The van der Waals surface area contributed by atoms with Crippen LogP contribution in [-0.2, 0) is 38.4 Å². The van der Waals surface area contributed by atoms with Crippen molar-refractivity contribution >= 4 is 47.3 Å². The van der Waals surface area contributed by atoms with Crippen molar-refractivity contribution in [1.29, 1.82) is 0 Å². The maximum atomic E-state index is 12.0. The molecule has 2 aliphatic carbocycles. The molecular weight excluding hydrogens is 624 g/mol. The van der Waals surface area contributed by atoms with Crippen LogP contribution in [0.4, 0.5) is 0 Å². The van der Waals surface area contributed by atoms with Crippen LogP contribution in [0.3, 0.4) is 0 Å². The second-order valence-corrected chi connectivity index (χ2v) is 12.5. The fourth-order valence-electron chi connectivity index (χ4n) is 7.85. The van der Waals surface area contributed by atoms with Gasteiger partial charge in [-0.3, -0.25) is 38.4 Å². The molecule has 0 saturated heterocycles. The molecule has 2 fully saturated rings. The molecule has 0 aromatic heterocycles. The first-order chi connectivity index (χ1) is 22.5. The fraction of sp³-hybridized carbons (Fsp3) is 0.500. The lowest BCUT2D eigenvalue weighted by Crippen LogP contribution is -2.83. The number of nitrogens with zero attached hydrogens (tertiary/aromatic N) is 8. The van der Waals surface area contributed by atoms with Crippen LogP contribution in [-0.4, -0.2) is 135 Å². The van der Waals surface area contributed by atoms with E-state index in [0.29, 0.717) is 0 Å². The van der Waals surface area contributed by atoms with Crippen molar-refractivity contribution in [2.45, 2.75) is 104 Å². The van der Waals surface area contributed by atoms with Crippen molar-refractivity contribution in [3.8, 4) is 0 Å². The molecule has 2 saturated carbocycles. The highest BCUT2D eigenvalue weighted by molar-refractivity contribution is 5.84. The smallest absolute Gasteiger partial charge is 0.223 e. The van der Waals surface area contributed by atoms with Gasteiger partial charge in [0.2, 0.25) is 47.3 Å². The molecule has 6 aliphatic rings. The van der Waals surface area contributed by atoms with E-state index in [1.54, 1.807) is 88.8 Å². The highest BCUT2D eigenvalue weighted by Crippen LogP contribution is 2.44. The Morgan fingerprint density at radius 1 is 0.250 bits per heavy atom. The van der Waals surface area contributed by atoms with E-state index in [1.807, 2.05) is 0 Å². The van der Waals surface area contributed by atoms with E-state index in [9.17, 15) is 38.4 Å². The van der Waals surface area contributed by atoms with Gasteiger partial charge in [-0.1, -0.05) is 0 Å². The van der Waals surface area contributed by atoms with E-state index < -0.39 is 0 Å². The van der Waals surface area contributed by atoms with Gasteiger partial charge in [-0.2, -0.15) is 0 Å². The summed E-state index contributed by atoms with van der Waals surface area (Å²) in [7, 11) is 0. The molecule has 0 aromatic carbocycles. The van der Waals surface area contributed by atoms with Crippen molar-refractivity contribution < 1.29 is 38.4 Å². The summed E-state index contributed by atoms with van der Waals surface area (Å²) in [6, 6.07) is -3.02. The molecule has 0 aromatic rings. The number of fused-ring (bicyclic) bond motifs is 8. The van der Waals surface area contributed by atoms with Crippen LogP contribution in [0.1, 0.15) is 55.4 Å². The van der Waals surface area contributed by atoms with Gasteiger partial charge in [0, 0.05) is 105 Å². The minimum atomic E-state index is -0.378. The molecule has 16 heteroatoms. The third-order valence-corrected chi connectivity index (χ3v) is 9.83. The van der Waals surface area contributed by atoms with Crippen LogP contribution in [0.15, 0.2) is 49.6 Å². The van der Waals surface area contributed by atoms with Gasteiger partial charge in [0.15, 0.2) is 0 Å². The molecule has 0 N–H and O–H groups in total. The van der Waals surface area contributed by atoms with Crippen LogP contribution < -0.4 is 0 Å². The Bertz CT molecular complexity index is 1240. The van der Waals surface area contributed by atoms with Gasteiger partial charge < -0.3 is 39.2 Å². The summed E-state index contributed by atoms with van der Waals surface area (Å²) >= 11 is 0. The quantitative estimate of drug-likeness (QED) is 0.340. The zero-order valence-corrected chi connectivity index (χ0v) is 28.1. The summed E-state index contributed by atoms with van der Waals surface area (Å²) in [6.45, 7) is 11.5. The van der Waals surface area contributed by atoms with E-state index in [4.69, 9.17) is 0 Å². The summed E-state index contributed by atoms with van der Waals surface area (Å²) in [5, 5.41) is 0. The molecule has 48 heavy (non-hydrogen) atoms. The van der Waals surface area contributed by atoms with Gasteiger partial charge in [0.25, 0.3) is 0 Å². The first-order valence-electron chi connectivity index (χ1n) is 15.6. The van der Waals surface area contributed by atoms with Crippen molar-refractivity contribution in [2.24, 2.45) is 0 Å². The molecule has 4 heterocycles. The first kappa shape index (κ1) is 34.1. The molecule has 256 valence electrons. The topological polar surface area (TPSA) is 162 Å². The Morgan fingerprint density at radius 3 is 0.396 bits per heavy atom. The number of carbonyl (C=O) groups is 8. The van der Waals surface area contributed by atoms with Gasteiger partial charge in [-0.25, -0.2) is 0 Å². The van der Waals surface area contributed by atoms with Crippen molar-refractivity contribution in [3.63, 3.8) is 0 Å². The summed E-state index contributed by atoms with van der Waals surface area (Å²) in [4.78, 5) is 108. The monoisotopic (exact) mass is 664 g/mol. The number of hydrogen-bond donors (Lipinski definition) is 0. The number of hydrogen-bond acceptors (Lipinski definition) is 8. The molecule has 4 aliphatic heterocycles. The van der Waals surface area contributed by atoms with E-state index >= 15 is 0 Å². The van der Waals surface area contributed by atoms with Crippen LogP contribution in [0.25, 0.3) is 0 Å². The maximum Gasteiger partial charge on any atom is 0.223 e. The van der Waals surface area contributed by atoms with Crippen molar-refractivity contribution in [1.82, 2.24) is 39.2 Å². The van der Waals surface area contributed by atoms with Crippen molar-refractivity contribution in [3.05, 3.63) is 49.6 Å². The maximum absolute atomic E-state index is 12.0. The highest BCUT2D eigenvalue weighted by Gasteiger charge is 2.65. The predicted octanol–water partition coefficient (Wildman–Crippen LogP) is -0.324. The van der Waals surface area contributed by atoms with Crippen molar-refractivity contribution in [2.75, 3.05) is 0 Å². The van der Waals surface area contributed by atoms with E-state index in [-0.39, 0.29) is 95.6 Å². The number of rotatable bonds is 0. The largest absolute Gasteiger partial charge is 0.310 e. The van der Waals surface area contributed by atoms with Gasteiger partial charge in [-0.15, -0.1) is 0 Å². The molecule has 0 radical (unpaired) electrons. The van der Waals surface area contributed by atoms with E-state index in [1.165, 1.54) is 55.4 Å². The number of amides is 8. The fourth-order valence-corrected chi connectivity index (χ4v) is 7.85. The van der Waals surface area contributed by atoms with Gasteiger partial charge in [0.05, 0.1) is 48.3 Å². The molecule has 6 rings (SSSR count). The molecule has 0 unspecified atom stereocenters. The van der Waals surface area contributed by atoms with Crippen LogP contribution in [0.2, 0.25) is 0 Å². The average molecular weight is 665 g/mol. The standard InChI is InChI=1S/2C16H20N4O4/c2*1-9(21)17-5-6-18(10(2)22)14-13(17)15-16(14)20(12(4)24)8-7-19(15)11(3)23/h2*5-8,13-16H,1-4H3. The number of carbonyl (C=O) groups excluding carboxylic acids is 8. The molecule has 8 amide bonds. The second kappa shape index (κ2) is 12.4. The normalized spacial score (nSPS) is 30.5.